The van der Waals surface area contributed by atoms with Crippen LogP contribution in [0, 0.1) is 5.41 Å². The Hall–Kier alpha value is -1.79. The van der Waals surface area contributed by atoms with E-state index in [1.54, 1.807) is 20.8 Å². The summed E-state index contributed by atoms with van der Waals surface area (Å²) < 4.78 is 0. The molecule has 0 rings (SSSR count). The van der Waals surface area contributed by atoms with E-state index in [0.29, 0.717) is 0 Å². The number of amides is 3. The van der Waals surface area contributed by atoms with E-state index in [9.17, 15) is 14.4 Å². The number of nitrogens with two attached hydrogens (primary N) is 1. The third kappa shape index (κ3) is 5.19. The van der Waals surface area contributed by atoms with Crippen LogP contribution in [0.1, 0.15) is 27.7 Å². The molecule has 5 N–H and O–H groups in total. The van der Waals surface area contributed by atoms with Crippen molar-refractivity contribution in [2.24, 2.45) is 11.1 Å². The van der Waals surface area contributed by atoms with Crippen molar-refractivity contribution in [3.05, 3.63) is 0 Å². The van der Waals surface area contributed by atoms with Gasteiger partial charge in [0.15, 0.2) is 0 Å². The molecule has 0 radical (unpaired) electrons. The van der Waals surface area contributed by atoms with Crippen LogP contribution in [0.3, 0.4) is 0 Å². The summed E-state index contributed by atoms with van der Waals surface area (Å²) in [6.45, 7) is 6.46. The van der Waals surface area contributed by atoms with Gasteiger partial charge in [0, 0.05) is 0 Å². The summed E-state index contributed by atoms with van der Waals surface area (Å²) in [5.74, 6) is -1.83. The number of nitrogens with one attached hydrogen (secondary N) is 2. The van der Waals surface area contributed by atoms with Crippen molar-refractivity contribution in [1.82, 2.24) is 10.6 Å². The first-order valence-electron chi connectivity index (χ1n) is 5.15. The number of hydrogen-bond acceptors (Lipinski definition) is 3. The fourth-order valence-corrected chi connectivity index (χ4v) is 1.09. The second-order valence-corrected chi connectivity index (χ2v) is 4.88. The molecule has 7 heteroatoms. The highest BCUT2D eigenvalue weighted by Gasteiger charge is 2.32. The van der Waals surface area contributed by atoms with Crippen molar-refractivity contribution >= 4 is 17.9 Å². The summed E-state index contributed by atoms with van der Waals surface area (Å²) in [5.41, 5.74) is 4.32. The van der Waals surface area contributed by atoms with Gasteiger partial charge >= 0.3 is 12.0 Å². The van der Waals surface area contributed by atoms with Gasteiger partial charge in [0.2, 0.25) is 5.91 Å². The number of carbonyl (C=O) groups excluding carboxylic acids is 2. The molecule has 0 saturated heterocycles. The van der Waals surface area contributed by atoms with E-state index in [4.69, 9.17) is 10.8 Å². The lowest BCUT2D eigenvalue weighted by Gasteiger charge is -2.28. The molecule has 0 aromatic rings. The second kappa shape index (κ2) is 5.51. The van der Waals surface area contributed by atoms with Gasteiger partial charge in [-0.05, 0) is 12.3 Å². The first-order chi connectivity index (χ1) is 7.55. The molecule has 17 heavy (non-hydrogen) atoms. The number of aliphatic carboxylic acids is 1. The zero-order valence-corrected chi connectivity index (χ0v) is 10.4. The van der Waals surface area contributed by atoms with E-state index in [0.717, 1.165) is 0 Å². The molecule has 0 spiro atoms. The lowest BCUT2D eigenvalue weighted by molar-refractivity contribution is -0.141. The van der Waals surface area contributed by atoms with Crippen molar-refractivity contribution in [3.63, 3.8) is 0 Å². The van der Waals surface area contributed by atoms with E-state index in [-0.39, 0.29) is 0 Å². The quantitative estimate of drug-likeness (QED) is 0.541. The first-order valence-corrected chi connectivity index (χ1v) is 5.15. The smallest absolute Gasteiger partial charge is 0.326 e. The number of urea groups is 1. The minimum atomic E-state index is -1.14. The zero-order valence-electron chi connectivity index (χ0n) is 10.4. The number of carbonyl (C=O) groups is 3. The standard InChI is InChI=1S/C10H19N3O4/c1-5(7(11)14)12-9(17)13-6(8(15)16)10(2,3)4/h5-6H,1-4H3,(H2,11,14)(H,15,16)(H2,12,13,17)/t5?,6-/m1/s1. The van der Waals surface area contributed by atoms with Gasteiger partial charge in [-0.2, -0.15) is 0 Å². The number of rotatable bonds is 4. The van der Waals surface area contributed by atoms with Crippen LogP contribution in [-0.2, 0) is 9.59 Å². The number of carboxylic acid groups (broad SMARTS) is 1. The fourth-order valence-electron chi connectivity index (χ4n) is 1.09. The molecule has 0 aliphatic rings. The lowest BCUT2D eigenvalue weighted by atomic mass is 9.87. The summed E-state index contributed by atoms with van der Waals surface area (Å²) in [6, 6.07) is -2.65. The molecule has 0 aromatic carbocycles. The Balaban J connectivity index is 4.54. The SMILES string of the molecule is CC(NC(=O)N[C@H](C(=O)O)C(C)(C)C)C(N)=O. The molecule has 0 aliphatic heterocycles. The third-order valence-corrected chi connectivity index (χ3v) is 2.16. The molecule has 0 fully saturated rings. The summed E-state index contributed by atoms with van der Waals surface area (Å²) in [4.78, 5) is 33.1. The van der Waals surface area contributed by atoms with Crippen molar-refractivity contribution in [3.8, 4) is 0 Å². The first kappa shape index (κ1) is 15.2. The van der Waals surface area contributed by atoms with Gasteiger partial charge < -0.3 is 21.5 Å². The van der Waals surface area contributed by atoms with Crippen molar-refractivity contribution in [2.75, 3.05) is 0 Å². The molecule has 0 saturated carbocycles. The molecular weight excluding hydrogens is 226 g/mol. The maximum atomic E-state index is 11.4. The molecule has 0 aliphatic carbocycles. The van der Waals surface area contributed by atoms with Gasteiger partial charge in [-0.3, -0.25) is 4.79 Å². The van der Waals surface area contributed by atoms with Crippen LogP contribution in [-0.4, -0.2) is 35.1 Å². The second-order valence-electron chi connectivity index (χ2n) is 4.88. The highest BCUT2D eigenvalue weighted by atomic mass is 16.4. The van der Waals surface area contributed by atoms with Crippen molar-refractivity contribution < 1.29 is 19.5 Å². The molecule has 98 valence electrons. The van der Waals surface area contributed by atoms with Gasteiger partial charge in [0.05, 0.1) is 0 Å². The van der Waals surface area contributed by atoms with Gasteiger partial charge in [0.25, 0.3) is 0 Å². The molecule has 0 heterocycles. The maximum Gasteiger partial charge on any atom is 0.326 e. The Morgan fingerprint density at radius 3 is 1.94 bits per heavy atom. The Morgan fingerprint density at radius 1 is 1.18 bits per heavy atom. The Kier molecular flexibility index (Phi) is 4.93. The molecule has 7 nitrogen and oxygen atoms in total. The predicted octanol–water partition coefficient (Wildman–Crippen LogP) is -0.341. The van der Waals surface area contributed by atoms with Crippen molar-refractivity contribution in [1.29, 1.82) is 0 Å². The summed E-state index contributed by atoms with van der Waals surface area (Å²) in [5, 5.41) is 13.5. The lowest BCUT2D eigenvalue weighted by Crippen LogP contribution is -2.55. The predicted molar refractivity (Wildman–Crippen MR) is 61.2 cm³/mol. The van der Waals surface area contributed by atoms with Crippen LogP contribution in [0.5, 0.6) is 0 Å². The van der Waals surface area contributed by atoms with Gasteiger partial charge in [-0.15, -0.1) is 0 Å². The van der Waals surface area contributed by atoms with Gasteiger partial charge in [-0.1, -0.05) is 20.8 Å². The number of primary amides is 1. The highest BCUT2D eigenvalue weighted by Crippen LogP contribution is 2.19. The zero-order chi connectivity index (χ0) is 13.8. The molecular formula is C10H19N3O4. The molecule has 0 bridgehead atoms. The summed E-state index contributed by atoms with van der Waals surface area (Å²) in [7, 11) is 0. The van der Waals surface area contributed by atoms with Crippen LogP contribution in [0.25, 0.3) is 0 Å². The molecule has 0 aromatic heterocycles. The van der Waals surface area contributed by atoms with E-state index in [2.05, 4.69) is 10.6 Å². The molecule has 2 atom stereocenters. The van der Waals surface area contributed by atoms with E-state index >= 15 is 0 Å². The average molecular weight is 245 g/mol. The largest absolute Gasteiger partial charge is 0.480 e. The maximum absolute atomic E-state index is 11.4. The Bertz CT molecular complexity index is 322. The monoisotopic (exact) mass is 245 g/mol. The normalized spacial score (nSPS) is 14.6. The fraction of sp³-hybridized carbons (Fsp3) is 0.700. The average Bonchev–Trinajstić information content (AvgIpc) is 2.11. The Morgan fingerprint density at radius 2 is 1.65 bits per heavy atom. The third-order valence-electron chi connectivity index (χ3n) is 2.16. The van der Waals surface area contributed by atoms with Gasteiger partial charge in [0.1, 0.15) is 12.1 Å². The highest BCUT2D eigenvalue weighted by molar-refractivity contribution is 5.87. The van der Waals surface area contributed by atoms with E-state index < -0.39 is 35.4 Å². The van der Waals surface area contributed by atoms with Gasteiger partial charge in [-0.25, -0.2) is 9.59 Å². The van der Waals surface area contributed by atoms with Crippen LogP contribution >= 0.6 is 0 Å². The van der Waals surface area contributed by atoms with E-state index in [1.807, 2.05) is 0 Å². The van der Waals surface area contributed by atoms with Crippen LogP contribution in [0.15, 0.2) is 0 Å². The number of hydrogen-bond donors (Lipinski definition) is 4. The Labute approximate surface area is 99.7 Å². The van der Waals surface area contributed by atoms with Crippen LogP contribution in [0.2, 0.25) is 0 Å². The summed E-state index contributed by atoms with van der Waals surface area (Å²) in [6.07, 6.45) is 0. The topological polar surface area (TPSA) is 122 Å². The number of carboxylic acids is 1. The minimum Gasteiger partial charge on any atom is -0.480 e. The summed E-state index contributed by atoms with van der Waals surface area (Å²) >= 11 is 0. The molecule has 3 amide bonds. The molecule has 1 unspecified atom stereocenters. The van der Waals surface area contributed by atoms with Crippen molar-refractivity contribution in [2.45, 2.75) is 39.8 Å². The van der Waals surface area contributed by atoms with E-state index in [1.165, 1.54) is 6.92 Å². The van der Waals surface area contributed by atoms with Crippen LogP contribution in [0.4, 0.5) is 4.79 Å². The minimum absolute atomic E-state index is 0.640. The van der Waals surface area contributed by atoms with Crippen LogP contribution < -0.4 is 16.4 Å².